The Morgan fingerprint density at radius 1 is 1.25 bits per heavy atom. The molecule has 13 heteroatoms. The van der Waals surface area contributed by atoms with E-state index in [2.05, 4.69) is 15.0 Å². The summed E-state index contributed by atoms with van der Waals surface area (Å²) in [6, 6.07) is 9.37. The first-order valence-electron chi connectivity index (χ1n) is 9.74. The summed E-state index contributed by atoms with van der Waals surface area (Å²) < 4.78 is 34.9. The smallest absolute Gasteiger partial charge is 0.353 e. The van der Waals surface area contributed by atoms with Gasteiger partial charge in [0.1, 0.15) is 12.5 Å². The topological polar surface area (TPSA) is 164 Å². The number of nitrogens with two attached hydrogens (primary N) is 1. The Morgan fingerprint density at radius 2 is 2.03 bits per heavy atom. The molecule has 2 heterocycles. The van der Waals surface area contributed by atoms with Crippen LogP contribution in [0.25, 0.3) is 11.2 Å². The van der Waals surface area contributed by atoms with Gasteiger partial charge in [0.05, 0.1) is 39.9 Å². The van der Waals surface area contributed by atoms with Crippen LogP contribution in [-0.2, 0) is 31.7 Å². The van der Waals surface area contributed by atoms with Gasteiger partial charge in [-0.05, 0) is 5.56 Å². The van der Waals surface area contributed by atoms with Crippen LogP contribution in [0.5, 0.6) is 5.88 Å². The highest BCUT2D eigenvalue weighted by Gasteiger charge is 2.22. The molecule has 0 aliphatic carbocycles. The molecule has 32 heavy (non-hydrogen) atoms. The normalized spacial score (nSPS) is 14.3. The number of methoxy groups -OCH3 is 1. The molecule has 2 atom stereocenters. The van der Waals surface area contributed by atoms with Crippen LogP contribution in [0.4, 0.5) is 5.95 Å². The number of hydrogen-bond donors (Lipinski definition) is 3. The van der Waals surface area contributed by atoms with Crippen molar-refractivity contribution in [2.75, 3.05) is 39.0 Å². The average Bonchev–Trinajstić information content (AvgIpc) is 3.19. The molecule has 0 spiro atoms. The van der Waals surface area contributed by atoms with Crippen molar-refractivity contribution >= 4 is 24.7 Å². The van der Waals surface area contributed by atoms with Crippen molar-refractivity contribution in [2.24, 2.45) is 0 Å². The number of fused-ring (bicyclic) bond motifs is 1. The van der Waals surface area contributed by atoms with E-state index in [0.29, 0.717) is 17.7 Å². The van der Waals surface area contributed by atoms with E-state index in [4.69, 9.17) is 24.5 Å². The molecule has 2 aromatic heterocycles. The Balaban J connectivity index is 1.43. The number of imidazole rings is 1. The van der Waals surface area contributed by atoms with Gasteiger partial charge in [-0.3, -0.25) is 4.57 Å². The molecule has 4 N–H and O–H groups in total. The summed E-state index contributed by atoms with van der Waals surface area (Å²) >= 11 is 0. The van der Waals surface area contributed by atoms with Crippen LogP contribution in [0.15, 0.2) is 36.7 Å². The maximum absolute atomic E-state index is 12.2. The first-order chi connectivity index (χ1) is 15.4. The lowest BCUT2D eigenvalue weighted by Crippen LogP contribution is -2.23. The molecule has 174 valence electrons. The molecule has 3 rings (SSSR count). The molecule has 0 saturated carbocycles. The second kappa shape index (κ2) is 11.3. The Hall–Kier alpha value is -2.60. The van der Waals surface area contributed by atoms with E-state index in [-0.39, 0.29) is 38.3 Å². The zero-order valence-corrected chi connectivity index (χ0v) is 18.4. The fourth-order valence-corrected chi connectivity index (χ4v) is 3.60. The second-order valence-electron chi connectivity index (χ2n) is 6.77. The number of nitrogens with zero attached hydrogens (tertiary/aromatic N) is 4. The molecular weight excluding hydrogens is 441 g/mol. The van der Waals surface area contributed by atoms with Crippen LogP contribution < -0.4 is 10.5 Å². The van der Waals surface area contributed by atoms with E-state index in [1.54, 1.807) is 4.57 Å². The van der Waals surface area contributed by atoms with Crippen LogP contribution in [0.3, 0.4) is 0 Å². The molecule has 3 aromatic rings. The maximum Gasteiger partial charge on any atom is 0.353 e. The Kier molecular flexibility index (Phi) is 8.51. The first-order valence-corrected chi connectivity index (χ1v) is 11.5. The van der Waals surface area contributed by atoms with Crippen LogP contribution in [0, 0.1) is 0 Å². The van der Waals surface area contributed by atoms with Gasteiger partial charge in [-0.15, -0.1) is 0 Å². The van der Waals surface area contributed by atoms with Crippen molar-refractivity contribution in [3.63, 3.8) is 0 Å². The number of nitrogen functional groups attached to an aromatic ring is 1. The molecule has 0 aliphatic heterocycles. The number of aliphatic hydroxyl groups is 1. The van der Waals surface area contributed by atoms with Crippen molar-refractivity contribution in [3.05, 3.63) is 42.2 Å². The second-order valence-corrected chi connectivity index (χ2v) is 8.56. The quantitative estimate of drug-likeness (QED) is 0.244. The maximum atomic E-state index is 12.2. The number of ether oxygens (including phenoxy) is 3. The molecule has 0 bridgehead atoms. The van der Waals surface area contributed by atoms with Gasteiger partial charge < -0.3 is 39.0 Å². The van der Waals surface area contributed by atoms with Crippen LogP contribution >= 0.6 is 7.60 Å². The van der Waals surface area contributed by atoms with Gasteiger partial charge in [-0.25, -0.2) is 4.98 Å². The van der Waals surface area contributed by atoms with Gasteiger partial charge in [0.15, 0.2) is 11.2 Å². The number of anilines is 1. The van der Waals surface area contributed by atoms with Crippen molar-refractivity contribution in [2.45, 2.75) is 19.3 Å². The highest BCUT2D eigenvalue weighted by Crippen LogP contribution is 2.41. The Morgan fingerprint density at radius 3 is 2.75 bits per heavy atom. The average molecular weight is 467 g/mol. The molecular formula is C19H26N5O7P. The molecule has 1 aromatic carbocycles. The van der Waals surface area contributed by atoms with E-state index >= 15 is 0 Å². The van der Waals surface area contributed by atoms with Crippen molar-refractivity contribution in [1.82, 2.24) is 19.5 Å². The standard InChI is InChI=1S/C19H26N5O7P/c1-28-18-16-17(22-19(20)23-18)24(12-21-16)7-8-29-13-32(26,27)31-11-15(9-25)30-10-14-5-3-2-4-6-14/h2-6,12,15,25H,7-11,13H2,1H3,(H,26,27)(H2,20,22,23). The fourth-order valence-electron chi connectivity index (χ4n) is 2.76. The molecule has 2 unspecified atom stereocenters. The molecule has 0 aliphatic rings. The van der Waals surface area contributed by atoms with Gasteiger partial charge in [-0.1, -0.05) is 30.3 Å². The van der Waals surface area contributed by atoms with Crippen molar-refractivity contribution in [3.8, 4) is 5.88 Å². The van der Waals surface area contributed by atoms with Crippen molar-refractivity contribution in [1.29, 1.82) is 0 Å². The summed E-state index contributed by atoms with van der Waals surface area (Å²) in [4.78, 5) is 22.3. The first kappa shape index (κ1) is 24.1. The summed E-state index contributed by atoms with van der Waals surface area (Å²) in [5, 5.41) is 9.42. The SMILES string of the molecule is COc1nc(N)nc2c1ncn2CCOCP(=O)(O)OCC(CO)OCc1ccccc1. The van der Waals surface area contributed by atoms with Gasteiger partial charge in [0.2, 0.25) is 11.8 Å². The largest absolute Gasteiger partial charge is 0.479 e. The zero-order valence-electron chi connectivity index (χ0n) is 17.5. The highest BCUT2D eigenvalue weighted by atomic mass is 31.2. The van der Waals surface area contributed by atoms with E-state index < -0.39 is 20.0 Å². The minimum absolute atomic E-state index is 0.0400. The predicted molar refractivity (Wildman–Crippen MR) is 115 cm³/mol. The summed E-state index contributed by atoms with van der Waals surface area (Å²) in [5.41, 5.74) is 7.50. The lowest BCUT2D eigenvalue weighted by atomic mass is 10.2. The van der Waals surface area contributed by atoms with E-state index in [9.17, 15) is 14.6 Å². The van der Waals surface area contributed by atoms with Gasteiger partial charge in [0, 0.05) is 6.54 Å². The highest BCUT2D eigenvalue weighted by molar-refractivity contribution is 7.52. The summed E-state index contributed by atoms with van der Waals surface area (Å²) in [6.07, 6.45) is 0.264. The summed E-state index contributed by atoms with van der Waals surface area (Å²) in [5.74, 6) is 0.298. The Labute approximate surface area is 184 Å². The lowest BCUT2D eigenvalue weighted by Gasteiger charge is -2.18. The van der Waals surface area contributed by atoms with Crippen LogP contribution in [0.2, 0.25) is 0 Å². The van der Waals surface area contributed by atoms with Crippen LogP contribution in [-0.4, -0.2) is 68.9 Å². The summed E-state index contributed by atoms with van der Waals surface area (Å²) in [7, 11) is -2.58. The van der Waals surface area contributed by atoms with E-state index in [1.807, 2.05) is 30.3 Å². The van der Waals surface area contributed by atoms with Gasteiger partial charge >= 0.3 is 7.60 Å². The monoisotopic (exact) mass is 467 g/mol. The molecule has 0 fully saturated rings. The van der Waals surface area contributed by atoms with Crippen LogP contribution in [0.1, 0.15) is 5.56 Å². The molecule has 0 amide bonds. The third-order valence-electron chi connectivity index (χ3n) is 4.37. The number of aliphatic hydroxyl groups excluding tert-OH is 1. The van der Waals surface area contributed by atoms with Gasteiger partial charge in [-0.2, -0.15) is 9.97 Å². The number of hydrogen-bond acceptors (Lipinski definition) is 10. The number of aromatic nitrogens is 4. The third kappa shape index (κ3) is 6.70. The summed E-state index contributed by atoms with van der Waals surface area (Å²) in [6.45, 7) is 0.0485. The molecule has 0 saturated heterocycles. The minimum Gasteiger partial charge on any atom is -0.479 e. The predicted octanol–water partition coefficient (Wildman–Crippen LogP) is 1.17. The Bertz CT molecular complexity index is 1050. The molecule has 0 radical (unpaired) electrons. The van der Waals surface area contributed by atoms with E-state index in [0.717, 1.165) is 5.56 Å². The lowest BCUT2D eigenvalue weighted by molar-refractivity contribution is -0.0259. The van der Waals surface area contributed by atoms with Gasteiger partial charge in [0.25, 0.3) is 0 Å². The van der Waals surface area contributed by atoms with Crippen molar-refractivity contribution < 1.29 is 33.3 Å². The zero-order chi connectivity index (χ0) is 23.0. The minimum atomic E-state index is -4.03. The van der Waals surface area contributed by atoms with E-state index in [1.165, 1.54) is 13.4 Å². The molecule has 12 nitrogen and oxygen atoms in total. The number of benzene rings is 1. The third-order valence-corrected chi connectivity index (χ3v) is 5.43. The number of rotatable bonds is 13. The fraction of sp³-hybridized carbons (Fsp3) is 0.421.